The maximum absolute atomic E-state index is 11.6. The number of rotatable bonds is 8. The molecule has 0 aliphatic heterocycles. The van der Waals surface area contributed by atoms with Crippen molar-refractivity contribution in [3.8, 4) is 5.75 Å². The molecule has 0 unspecified atom stereocenters. The highest BCUT2D eigenvalue weighted by atomic mass is 16.5. The lowest BCUT2D eigenvalue weighted by Gasteiger charge is -2.07. The summed E-state index contributed by atoms with van der Waals surface area (Å²) in [7, 11) is 0. The Hall–Kier alpha value is -1.77. The molecule has 98 valence electrons. The van der Waals surface area contributed by atoms with Crippen LogP contribution in [0.15, 0.2) is 36.9 Å². The quantitative estimate of drug-likeness (QED) is 0.561. The highest BCUT2D eigenvalue weighted by Gasteiger charge is 2.02. The van der Waals surface area contributed by atoms with Crippen LogP contribution in [0.25, 0.3) is 0 Å². The van der Waals surface area contributed by atoms with Gasteiger partial charge >= 0.3 is 0 Å². The van der Waals surface area contributed by atoms with Crippen molar-refractivity contribution in [3.05, 3.63) is 36.9 Å². The zero-order valence-corrected chi connectivity index (χ0v) is 10.9. The van der Waals surface area contributed by atoms with E-state index in [9.17, 15) is 4.79 Å². The average molecular weight is 247 g/mol. The second kappa shape index (κ2) is 8.34. The van der Waals surface area contributed by atoms with Gasteiger partial charge in [0.1, 0.15) is 12.4 Å². The van der Waals surface area contributed by atoms with Crippen LogP contribution in [0.3, 0.4) is 0 Å². The molecular weight excluding hydrogens is 226 g/mol. The van der Waals surface area contributed by atoms with E-state index in [2.05, 4.69) is 18.8 Å². The third-order valence-corrected chi connectivity index (χ3v) is 2.51. The van der Waals surface area contributed by atoms with E-state index in [1.165, 1.54) is 0 Å². The van der Waals surface area contributed by atoms with Gasteiger partial charge in [-0.2, -0.15) is 0 Å². The van der Waals surface area contributed by atoms with Crippen molar-refractivity contribution in [2.75, 3.05) is 11.9 Å². The van der Waals surface area contributed by atoms with Crippen LogP contribution in [-0.4, -0.2) is 12.5 Å². The maximum atomic E-state index is 11.6. The number of nitrogens with one attached hydrogen (secondary N) is 1. The minimum atomic E-state index is 0.0724. The lowest BCUT2D eigenvalue weighted by Crippen LogP contribution is -2.10. The molecule has 0 aliphatic rings. The fourth-order valence-electron chi connectivity index (χ4n) is 1.55. The number of carbonyl (C=O) groups is 1. The molecule has 1 aromatic rings. The summed E-state index contributed by atoms with van der Waals surface area (Å²) >= 11 is 0. The molecule has 3 heteroatoms. The van der Waals surface area contributed by atoms with Crippen LogP contribution >= 0.6 is 0 Å². The number of hydrogen-bond acceptors (Lipinski definition) is 2. The number of carbonyl (C=O) groups excluding carboxylic acids is 1. The Morgan fingerprint density at radius 2 is 2.06 bits per heavy atom. The molecule has 0 atom stereocenters. The SMILES string of the molecule is C=CCOc1ccc(NC(=O)CCCCC)cc1. The molecule has 0 aliphatic carbocycles. The standard InChI is InChI=1S/C15H21NO2/c1-3-5-6-7-15(17)16-13-8-10-14(11-9-13)18-12-4-2/h4,8-11H,2-3,5-7,12H2,1H3,(H,16,17). The zero-order valence-electron chi connectivity index (χ0n) is 10.9. The normalized spacial score (nSPS) is 9.83. The molecular formula is C15H21NO2. The Kier molecular flexibility index (Phi) is 6.62. The van der Waals surface area contributed by atoms with Crippen molar-refractivity contribution in [2.24, 2.45) is 0 Å². The van der Waals surface area contributed by atoms with Gasteiger partial charge in [-0.1, -0.05) is 32.4 Å². The van der Waals surface area contributed by atoms with Crippen molar-refractivity contribution < 1.29 is 9.53 Å². The van der Waals surface area contributed by atoms with E-state index in [-0.39, 0.29) is 5.91 Å². The largest absolute Gasteiger partial charge is 0.490 e. The number of unbranched alkanes of at least 4 members (excludes halogenated alkanes) is 2. The van der Waals surface area contributed by atoms with Gasteiger partial charge in [0, 0.05) is 12.1 Å². The highest BCUT2D eigenvalue weighted by molar-refractivity contribution is 5.90. The van der Waals surface area contributed by atoms with Crippen LogP contribution < -0.4 is 10.1 Å². The van der Waals surface area contributed by atoms with E-state index >= 15 is 0 Å². The monoisotopic (exact) mass is 247 g/mol. The molecule has 0 aromatic heterocycles. The van der Waals surface area contributed by atoms with Crippen LogP contribution in [-0.2, 0) is 4.79 Å². The number of hydrogen-bond donors (Lipinski definition) is 1. The molecule has 1 N–H and O–H groups in total. The van der Waals surface area contributed by atoms with Crippen molar-refractivity contribution in [1.29, 1.82) is 0 Å². The van der Waals surface area contributed by atoms with E-state index in [1.54, 1.807) is 6.08 Å². The summed E-state index contributed by atoms with van der Waals surface area (Å²) < 4.78 is 5.36. The first-order chi connectivity index (χ1) is 8.76. The van der Waals surface area contributed by atoms with Gasteiger partial charge in [-0.3, -0.25) is 4.79 Å². The summed E-state index contributed by atoms with van der Waals surface area (Å²) in [6, 6.07) is 7.36. The van der Waals surface area contributed by atoms with Crippen molar-refractivity contribution in [1.82, 2.24) is 0 Å². The molecule has 1 amide bonds. The Labute approximate surface area is 109 Å². The molecule has 0 spiro atoms. The van der Waals surface area contributed by atoms with Gasteiger partial charge in [0.15, 0.2) is 0 Å². The summed E-state index contributed by atoms with van der Waals surface area (Å²) in [4.78, 5) is 11.6. The zero-order chi connectivity index (χ0) is 13.2. The lowest BCUT2D eigenvalue weighted by molar-refractivity contribution is -0.116. The highest BCUT2D eigenvalue weighted by Crippen LogP contribution is 2.16. The molecule has 18 heavy (non-hydrogen) atoms. The Bertz CT molecular complexity index is 371. The number of anilines is 1. The summed E-state index contributed by atoms with van der Waals surface area (Å²) in [5.74, 6) is 0.849. The van der Waals surface area contributed by atoms with Crippen LogP contribution in [0.2, 0.25) is 0 Å². The van der Waals surface area contributed by atoms with Crippen LogP contribution in [0.4, 0.5) is 5.69 Å². The molecule has 0 saturated carbocycles. The predicted molar refractivity (Wildman–Crippen MR) is 74.9 cm³/mol. The van der Waals surface area contributed by atoms with E-state index in [0.29, 0.717) is 13.0 Å². The van der Waals surface area contributed by atoms with Gasteiger partial charge in [0.05, 0.1) is 0 Å². The van der Waals surface area contributed by atoms with E-state index in [1.807, 2.05) is 24.3 Å². The number of benzene rings is 1. The first kappa shape index (κ1) is 14.3. The minimum absolute atomic E-state index is 0.0724. The second-order valence-electron chi connectivity index (χ2n) is 4.13. The molecule has 0 fully saturated rings. The minimum Gasteiger partial charge on any atom is -0.490 e. The number of ether oxygens (including phenoxy) is 1. The van der Waals surface area contributed by atoms with E-state index in [0.717, 1.165) is 30.7 Å². The third kappa shape index (κ3) is 5.53. The van der Waals surface area contributed by atoms with Gasteiger partial charge < -0.3 is 10.1 Å². The topological polar surface area (TPSA) is 38.3 Å². The van der Waals surface area contributed by atoms with Gasteiger partial charge in [0.2, 0.25) is 5.91 Å². The average Bonchev–Trinajstić information content (AvgIpc) is 2.38. The molecule has 1 rings (SSSR count). The fourth-order valence-corrected chi connectivity index (χ4v) is 1.55. The van der Waals surface area contributed by atoms with Crippen molar-refractivity contribution in [2.45, 2.75) is 32.6 Å². The first-order valence-corrected chi connectivity index (χ1v) is 6.40. The van der Waals surface area contributed by atoms with Gasteiger partial charge in [-0.05, 0) is 30.7 Å². The Morgan fingerprint density at radius 1 is 1.33 bits per heavy atom. The summed E-state index contributed by atoms with van der Waals surface area (Å²) in [5, 5.41) is 2.87. The molecule has 1 aromatic carbocycles. The molecule has 0 heterocycles. The molecule has 3 nitrogen and oxygen atoms in total. The first-order valence-electron chi connectivity index (χ1n) is 6.40. The van der Waals surface area contributed by atoms with Gasteiger partial charge in [-0.25, -0.2) is 0 Å². The predicted octanol–water partition coefficient (Wildman–Crippen LogP) is 3.77. The molecule has 0 bridgehead atoms. The lowest BCUT2D eigenvalue weighted by atomic mass is 10.2. The third-order valence-electron chi connectivity index (χ3n) is 2.51. The summed E-state index contributed by atoms with van der Waals surface area (Å²) in [6.45, 7) is 6.20. The smallest absolute Gasteiger partial charge is 0.224 e. The summed E-state index contributed by atoms with van der Waals surface area (Å²) in [6.07, 6.45) is 5.46. The molecule has 0 saturated heterocycles. The van der Waals surface area contributed by atoms with E-state index in [4.69, 9.17) is 4.74 Å². The van der Waals surface area contributed by atoms with Crippen molar-refractivity contribution in [3.63, 3.8) is 0 Å². The molecule has 0 radical (unpaired) electrons. The number of amides is 1. The van der Waals surface area contributed by atoms with E-state index < -0.39 is 0 Å². The second-order valence-corrected chi connectivity index (χ2v) is 4.13. The summed E-state index contributed by atoms with van der Waals surface area (Å²) in [5.41, 5.74) is 0.808. The maximum Gasteiger partial charge on any atom is 0.224 e. The Morgan fingerprint density at radius 3 is 2.67 bits per heavy atom. The fraction of sp³-hybridized carbons (Fsp3) is 0.400. The van der Waals surface area contributed by atoms with Crippen LogP contribution in [0, 0.1) is 0 Å². The Balaban J connectivity index is 2.38. The van der Waals surface area contributed by atoms with Gasteiger partial charge in [-0.15, -0.1) is 0 Å². The van der Waals surface area contributed by atoms with Crippen molar-refractivity contribution >= 4 is 11.6 Å². The van der Waals surface area contributed by atoms with Gasteiger partial charge in [0.25, 0.3) is 0 Å². The van der Waals surface area contributed by atoms with Crippen LogP contribution in [0.5, 0.6) is 5.75 Å². The van der Waals surface area contributed by atoms with Crippen LogP contribution in [0.1, 0.15) is 32.6 Å².